The largest absolute Gasteiger partial charge is 0.508 e. The van der Waals surface area contributed by atoms with Gasteiger partial charge in [-0.3, -0.25) is 4.98 Å². The highest BCUT2D eigenvalue weighted by Crippen LogP contribution is 2.24. The van der Waals surface area contributed by atoms with Crippen LogP contribution in [0.15, 0.2) is 54.9 Å². The van der Waals surface area contributed by atoms with E-state index >= 15 is 0 Å². The van der Waals surface area contributed by atoms with Crippen molar-refractivity contribution < 1.29 is 15.0 Å². The van der Waals surface area contributed by atoms with Crippen LogP contribution >= 0.6 is 0 Å². The summed E-state index contributed by atoms with van der Waals surface area (Å²) >= 11 is 0. The maximum atomic E-state index is 11.1. The molecular formula is C18H15N3O3. The number of carboxylic acid groups (broad SMARTS) is 1. The quantitative estimate of drug-likeness (QED) is 0.679. The van der Waals surface area contributed by atoms with Crippen LogP contribution in [-0.4, -0.2) is 26.2 Å². The number of nitrogens with zero attached hydrogens (tertiary/aromatic N) is 2. The fourth-order valence-corrected chi connectivity index (χ4v) is 2.23. The van der Waals surface area contributed by atoms with Crippen molar-refractivity contribution in [2.24, 2.45) is 0 Å². The average molecular weight is 321 g/mol. The summed E-state index contributed by atoms with van der Waals surface area (Å²) in [6, 6.07) is 11.5. The lowest BCUT2D eigenvalue weighted by atomic mass is 10.1. The second kappa shape index (κ2) is 6.37. The molecule has 6 nitrogen and oxygen atoms in total. The minimum atomic E-state index is -0.984. The standard InChI is InChI=1S/C18H15N3O3/c1-11-2-3-13(18(23)24)8-15(11)20-17-10-19-9-16(21-17)12-4-6-14(22)7-5-12/h2-10,22H,1H3,(H,20,21)(H,23,24). The number of hydrogen-bond acceptors (Lipinski definition) is 5. The van der Waals surface area contributed by atoms with E-state index < -0.39 is 5.97 Å². The van der Waals surface area contributed by atoms with Crippen molar-refractivity contribution in [1.29, 1.82) is 0 Å². The van der Waals surface area contributed by atoms with Crippen LogP contribution in [0.2, 0.25) is 0 Å². The smallest absolute Gasteiger partial charge is 0.335 e. The fraction of sp³-hybridized carbons (Fsp3) is 0.0556. The van der Waals surface area contributed by atoms with Gasteiger partial charge in [0.2, 0.25) is 0 Å². The van der Waals surface area contributed by atoms with Gasteiger partial charge in [0.1, 0.15) is 11.6 Å². The highest BCUT2D eigenvalue weighted by atomic mass is 16.4. The molecule has 6 heteroatoms. The highest BCUT2D eigenvalue weighted by Gasteiger charge is 2.08. The summed E-state index contributed by atoms with van der Waals surface area (Å²) in [4.78, 5) is 19.8. The predicted octanol–water partition coefficient (Wildman–Crippen LogP) is 3.60. The van der Waals surface area contributed by atoms with Gasteiger partial charge >= 0.3 is 5.97 Å². The molecule has 0 aliphatic rings. The fourth-order valence-electron chi connectivity index (χ4n) is 2.23. The number of hydrogen-bond donors (Lipinski definition) is 3. The zero-order valence-corrected chi connectivity index (χ0v) is 12.9. The molecule has 3 aromatic rings. The summed E-state index contributed by atoms with van der Waals surface area (Å²) in [5.41, 5.74) is 3.22. The Morgan fingerprint density at radius 2 is 1.83 bits per heavy atom. The van der Waals surface area contributed by atoms with Gasteiger partial charge in [0.25, 0.3) is 0 Å². The Hall–Kier alpha value is -3.41. The number of aryl methyl sites for hydroxylation is 1. The first-order chi connectivity index (χ1) is 11.5. The Kier molecular flexibility index (Phi) is 4.11. The van der Waals surface area contributed by atoms with Crippen molar-refractivity contribution >= 4 is 17.5 Å². The summed E-state index contributed by atoms with van der Waals surface area (Å²) in [5.74, 6) is -0.296. The molecule has 120 valence electrons. The Labute approximate surface area is 138 Å². The molecule has 24 heavy (non-hydrogen) atoms. The van der Waals surface area contributed by atoms with Gasteiger partial charge < -0.3 is 15.5 Å². The number of carboxylic acids is 1. The number of aromatic carboxylic acids is 1. The van der Waals surface area contributed by atoms with E-state index in [4.69, 9.17) is 5.11 Å². The van der Waals surface area contributed by atoms with Crippen LogP contribution in [0.5, 0.6) is 5.75 Å². The first-order valence-corrected chi connectivity index (χ1v) is 7.25. The number of carbonyl (C=O) groups is 1. The van der Waals surface area contributed by atoms with E-state index in [9.17, 15) is 9.90 Å². The lowest BCUT2D eigenvalue weighted by Crippen LogP contribution is -2.01. The number of rotatable bonds is 4. The second-order valence-corrected chi connectivity index (χ2v) is 5.30. The van der Waals surface area contributed by atoms with Gasteiger partial charge in [-0.1, -0.05) is 6.07 Å². The number of aromatic hydroxyl groups is 1. The Morgan fingerprint density at radius 3 is 2.54 bits per heavy atom. The molecule has 0 aliphatic carbocycles. The topological polar surface area (TPSA) is 95.3 Å². The third-order valence-corrected chi connectivity index (χ3v) is 3.54. The lowest BCUT2D eigenvalue weighted by Gasteiger charge is -2.10. The molecule has 0 fully saturated rings. The average Bonchev–Trinajstić information content (AvgIpc) is 2.57. The predicted molar refractivity (Wildman–Crippen MR) is 90.6 cm³/mol. The SMILES string of the molecule is Cc1ccc(C(=O)O)cc1Nc1cncc(-c2ccc(O)cc2)n1. The minimum Gasteiger partial charge on any atom is -0.508 e. The lowest BCUT2D eigenvalue weighted by molar-refractivity contribution is 0.0697. The Bertz CT molecular complexity index is 892. The maximum absolute atomic E-state index is 11.1. The summed E-state index contributed by atoms with van der Waals surface area (Å²) < 4.78 is 0. The van der Waals surface area contributed by atoms with E-state index in [2.05, 4.69) is 15.3 Å². The number of phenols is 1. The first-order valence-electron chi connectivity index (χ1n) is 7.25. The van der Waals surface area contributed by atoms with Crippen LogP contribution < -0.4 is 5.32 Å². The van der Waals surface area contributed by atoms with Gasteiger partial charge in [-0.25, -0.2) is 9.78 Å². The Morgan fingerprint density at radius 1 is 1.08 bits per heavy atom. The zero-order valence-electron chi connectivity index (χ0n) is 12.9. The summed E-state index contributed by atoms with van der Waals surface area (Å²) in [6.45, 7) is 1.88. The van der Waals surface area contributed by atoms with Crippen molar-refractivity contribution in [2.75, 3.05) is 5.32 Å². The van der Waals surface area contributed by atoms with Crippen LogP contribution in [0.25, 0.3) is 11.3 Å². The monoisotopic (exact) mass is 321 g/mol. The number of nitrogens with one attached hydrogen (secondary N) is 1. The molecule has 3 N–H and O–H groups in total. The molecule has 1 aromatic heterocycles. The summed E-state index contributed by atoms with van der Waals surface area (Å²) in [6.07, 6.45) is 3.19. The van der Waals surface area contributed by atoms with Crippen LogP contribution in [0.4, 0.5) is 11.5 Å². The molecule has 0 unspecified atom stereocenters. The number of anilines is 2. The molecule has 2 aromatic carbocycles. The van der Waals surface area contributed by atoms with E-state index in [0.29, 0.717) is 17.2 Å². The molecule has 0 spiro atoms. The molecule has 0 aliphatic heterocycles. The molecule has 0 atom stereocenters. The molecule has 3 rings (SSSR count). The van der Waals surface area contributed by atoms with Crippen molar-refractivity contribution in [3.05, 3.63) is 66.0 Å². The van der Waals surface area contributed by atoms with Gasteiger partial charge in [-0.2, -0.15) is 0 Å². The molecule has 1 heterocycles. The third-order valence-electron chi connectivity index (χ3n) is 3.54. The Balaban J connectivity index is 1.91. The van der Waals surface area contributed by atoms with Gasteiger partial charge in [0.15, 0.2) is 0 Å². The molecular weight excluding hydrogens is 306 g/mol. The number of benzene rings is 2. The zero-order chi connectivity index (χ0) is 17.1. The molecule has 0 saturated carbocycles. The van der Waals surface area contributed by atoms with Crippen LogP contribution in [0, 0.1) is 6.92 Å². The van der Waals surface area contributed by atoms with Crippen molar-refractivity contribution in [3.8, 4) is 17.0 Å². The molecule has 0 radical (unpaired) electrons. The summed E-state index contributed by atoms with van der Waals surface area (Å²) in [7, 11) is 0. The number of aromatic nitrogens is 2. The maximum Gasteiger partial charge on any atom is 0.335 e. The van der Waals surface area contributed by atoms with Crippen LogP contribution in [0.3, 0.4) is 0 Å². The number of phenolic OH excluding ortho intramolecular Hbond substituents is 1. The first kappa shape index (κ1) is 15.5. The van der Waals surface area contributed by atoms with Crippen LogP contribution in [-0.2, 0) is 0 Å². The summed E-state index contributed by atoms with van der Waals surface area (Å²) in [5, 5.41) is 21.6. The van der Waals surface area contributed by atoms with E-state index in [1.54, 1.807) is 54.9 Å². The minimum absolute atomic E-state index is 0.182. The van der Waals surface area contributed by atoms with Crippen molar-refractivity contribution in [1.82, 2.24) is 9.97 Å². The highest BCUT2D eigenvalue weighted by molar-refractivity contribution is 5.89. The second-order valence-electron chi connectivity index (χ2n) is 5.30. The van der Waals surface area contributed by atoms with E-state index in [1.165, 1.54) is 0 Å². The molecule has 0 bridgehead atoms. The van der Waals surface area contributed by atoms with Gasteiger partial charge in [-0.05, 0) is 48.9 Å². The van der Waals surface area contributed by atoms with E-state index in [-0.39, 0.29) is 11.3 Å². The van der Waals surface area contributed by atoms with Gasteiger partial charge in [0.05, 0.1) is 23.7 Å². The van der Waals surface area contributed by atoms with E-state index in [1.807, 2.05) is 6.92 Å². The van der Waals surface area contributed by atoms with Crippen molar-refractivity contribution in [2.45, 2.75) is 6.92 Å². The van der Waals surface area contributed by atoms with Gasteiger partial charge in [0, 0.05) is 11.3 Å². The van der Waals surface area contributed by atoms with Gasteiger partial charge in [-0.15, -0.1) is 0 Å². The van der Waals surface area contributed by atoms with E-state index in [0.717, 1.165) is 11.1 Å². The van der Waals surface area contributed by atoms with Crippen LogP contribution in [0.1, 0.15) is 15.9 Å². The van der Waals surface area contributed by atoms with Crippen molar-refractivity contribution in [3.63, 3.8) is 0 Å². The molecule has 0 amide bonds. The third kappa shape index (κ3) is 3.33. The normalized spacial score (nSPS) is 10.4. The molecule has 0 saturated heterocycles.